The molecule has 0 saturated carbocycles. The molecule has 3 saturated heterocycles. The Bertz CT molecular complexity index is 1300. The van der Waals surface area contributed by atoms with E-state index >= 15 is 4.39 Å². The molecule has 0 bridgehead atoms. The van der Waals surface area contributed by atoms with Crippen LogP contribution in [0.5, 0.6) is 0 Å². The van der Waals surface area contributed by atoms with E-state index in [4.69, 9.17) is 29.2 Å². The summed E-state index contributed by atoms with van der Waals surface area (Å²) >= 11 is 0. The fraction of sp³-hybridized carbons (Fsp3) is 0.917. The van der Waals surface area contributed by atoms with E-state index in [2.05, 4.69) is 14.9 Å². The van der Waals surface area contributed by atoms with Crippen molar-refractivity contribution in [3.63, 3.8) is 0 Å². The van der Waals surface area contributed by atoms with Crippen LogP contribution in [0.4, 0.5) is 9.18 Å². The van der Waals surface area contributed by atoms with Crippen molar-refractivity contribution < 1.29 is 47.6 Å². The van der Waals surface area contributed by atoms with Gasteiger partial charge in [-0.1, -0.05) is 25.9 Å². The number of cyclic esters (lactones) is 1. The van der Waals surface area contributed by atoms with Crippen LogP contribution in [0.1, 0.15) is 87.5 Å². The zero-order valence-corrected chi connectivity index (χ0v) is 33.2. The molecule has 0 aliphatic carbocycles. The lowest BCUT2D eigenvalue weighted by Crippen LogP contribution is -2.61. The number of esters is 1. The second kappa shape index (κ2) is 17.7. The number of carbonyl (C=O) groups is 3. The number of methoxy groups -OCH3 is 1. The van der Waals surface area contributed by atoms with Crippen LogP contribution >= 0.6 is 0 Å². The summed E-state index contributed by atoms with van der Waals surface area (Å²) in [6.45, 7) is 14.5. The minimum absolute atomic E-state index is 0.0974. The molecule has 298 valence electrons. The predicted molar refractivity (Wildman–Crippen MR) is 191 cm³/mol. The van der Waals surface area contributed by atoms with Crippen LogP contribution in [0.15, 0.2) is 5.11 Å². The number of aliphatic hydroxyl groups excluding tert-OH is 1. The van der Waals surface area contributed by atoms with E-state index in [1.165, 1.54) is 14.0 Å². The number of carbonyl (C=O) groups excluding carboxylic acids is 3. The molecule has 0 spiro atoms. The molecule has 52 heavy (non-hydrogen) atoms. The summed E-state index contributed by atoms with van der Waals surface area (Å²) < 4.78 is 47.5. The Morgan fingerprint density at radius 2 is 1.79 bits per heavy atom. The van der Waals surface area contributed by atoms with Crippen LogP contribution in [0.3, 0.4) is 0 Å². The molecule has 3 aliphatic rings. The zero-order valence-electron chi connectivity index (χ0n) is 33.2. The van der Waals surface area contributed by atoms with Gasteiger partial charge >= 0.3 is 12.1 Å². The summed E-state index contributed by atoms with van der Waals surface area (Å²) in [4.78, 5) is 50.0. The fourth-order valence-electron chi connectivity index (χ4n) is 8.54. The number of fused-ring (bicyclic) bond motifs is 1. The number of aliphatic hydroxyl groups is 1. The van der Waals surface area contributed by atoms with Crippen molar-refractivity contribution in [2.24, 2.45) is 17.0 Å². The van der Waals surface area contributed by atoms with Gasteiger partial charge in [0.25, 0.3) is 5.67 Å². The summed E-state index contributed by atoms with van der Waals surface area (Å²) in [5.41, 5.74) is 2.92. The summed E-state index contributed by atoms with van der Waals surface area (Å²) in [7, 11) is 7.13. The van der Waals surface area contributed by atoms with Gasteiger partial charge in [0.05, 0.1) is 23.9 Å². The number of unbranched alkanes of at least 4 members (excludes halogenated alkanes) is 1. The number of hydrogen-bond donors (Lipinski definition) is 1. The molecule has 0 radical (unpaired) electrons. The molecule has 0 aromatic heterocycles. The average Bonchev–Trinajstić information content (AvgIpc) is 3.34. The number of ketones is 1. The number of halogens is 1. The minimum atomic E-state index is -3.13. The molecule has 15 nitrogen and oxygen atoms in total. The van der Waals surface area contributed by atoms with Gasteiger partial charge in [0.15, 0.2) is 17.7 Å². The average molecular weight is 743 g/mol. The second-order valence-corrected chi connectivity index (χ2v) is 15.9. The molecule has 3 rings (SSSR count). The highest BCUT2D eigenvalue weighted by Gasteiger charge is 2.60. The standard InChI is InChI=1S/C36H63FN6O9/c1-13-26-36(8)28(43(33(47)52-36)17-15-14-16-39-40-38)24(5)42(11)20-21(2)19-34(6,48-12)30(23(4)29(45)35(7,37)32(46)50-26)51-31-27(44)25(41(9)10)18-22(3)49-31/h21-28,30-31,44H,13-20H2,1-12H3/t21-,22?,23+,24-,25?,26-,27?,28-,30-,31+,34-,35+,36-/m1/s1. The van der Waals surface area contributed by atoms with E-state index in [0.29, 0.717) is 32.2 Å². The predicted octanol–water partition coefficient (Wildman–Crippen LogP) is 4.49. The maximum absolute atomic E-state index is 16.8. The molecule has 1 N–H and O–H groups in total. The highest BCUT2D eigenvalue weighted by molar-refractivity contribution is 6.07. The topological polar surface area (TPSA) is 176 Å². The van der Waals surface area contributed by atoms with Crippen molar-refractivity contribution in [3.8, 4) is 0 Å². The Morgan fingerprint density at radius 1 is 1.13 bits per heavy atom. The zero-order chi connectivity index (χ0) is 39.3. The van der Waals surface area contributed by atoms with Crippen LogP contribution in [0.2, 0.25) is 0 Å². The van der Waals surface area contributed by atoms with E-state index in [1.807, 2.05) is 46.8 Å². The molecule has 3 heterocycles. The lowest BCUT2D eigenvalue weighted by molar-refractivity contribution is -0.295. The number of nitrogens with zero attached hydrogens (tertiary/aromatic N) is 6. The van der Waals surface area contributed by atoms with Crippen LogP contribution < -0.4 is 0 Å². The van der Waals surface area contributed by atoms with Crippen molar-refractivity contribution in [1.82, 2.24) is 14.7 Å². The number of hydrogen-bond acceptors (Lipinski definition) is 12. The van der Waals surface area contributed by atoms with Crippen LogP contribution in [0, 0.1) is 11.8 Å². The second-order valence-electron chi connectivity index (χ2n) is 15.9. The maximum Gasteiger partial charge on any atom is 0.410 e. The van der Waals surface area contributed by atoms with E-state index in [1.54, 1.807) is 25.7 Å². The third-order valence-corrected chi connectivity index (χ3v) is 11.5. The van der Waals surface area contributed by atoms with Gasteiger partial charge in [-0.15, -0.1) is 0 Å². The third kappa shape index (κ3) is 9.19. The maximum atomic E-state index is 16.8. The third-order valence-electron chi connectivity index (χ3n) is 11.5. The monoisotopic (exact) mass is 742 g/mol. The highest BCUT2D eigenvalue weighted by Crippen LogP contribution is 2.42. The summed E-state index contributed by atoms with van der Waals surface area (Å²) in [6.07, 6.45) is -3.28. The molecule has 13 atom stereocenters. The van der Waals surface area contributed by atoms with Gasteiger partial charge < -0.3 is 38.6 Å². The first-order chi connectivity index (χ1) is 24.2. The van der Waals surface area contributed by atoms with Crippen LogP contribution in [0.25, 0.3) is 10.4 Å². The Morgan fingerprint density at radius 3 is 2.37 bits per heavy atom. The molecular formula is C36H63FN6O9. The minimum Gasteiger partial charge on any atom is -0.455 e. The van der Waals surface area contributed by atoms with E-state index in [-0.39, 0.29) is 43.6 Å². The summed E-state index contributed by atoms with van der Waals surface area (Å²) in [6, 6.07) is -1.29. The lowest BCUT2D eigenvalue weighted by atomic mass is 9.77. The van der Waals surface area contributed by atoms with E-state index < -0.39 is 71.3 Å². The van der Waals surface area contributed by atoms with Crippen molar-refractivity contribution in [1.29, 1.82) is 0 Å². The molecule has 16 heteroatoms. The number of alkyl halides is 1. The molecular weight excluding hydrogens is 679 g/mol. The first-order valence-electron chi connectivity index (χ1n) is 18.6. The molecule has 0 aromatic rings. The Labute approximate surface area is 308 Å². The van der Waals surface area contributed by atoms with Gasteiger partial charge in [-0.3, -0.25) is 9.69 Å². The van der Waals surface area contributed by atoms with Gasteiger partial charge in [-0.25, -0.2) is 14.0 Å². The van der Waals surface area contributed by atoms with Crippen molar-refractivity contribution in [3.05, 3.63) is 10.4 Å². The van der Waals surface area contributed by atoms with Crippen molar-refractivity contribution >= 4 is 17.8 Å². The largest absolute Gasteiger partial charge is 0.455 e. The molecule has 3 unspecified atom stereocenters. The Hall–Kier alpha value is -2.59. The lowest BCUT2D eigenvalue weighted by Gasteiger charge is -2.47. The Balaban J connectivity index is 2.11. The van der Waals surface area contributed by atoms with Gasteiger partial charge in [0.2, 0.25) is 0 Å². The number of azide groups is 1. The smallest absolute Gasteiger partial charge is 0.410 e. The number of ether oxygens (including phenoxy) is 5. The number of likely N-dealkylation sites (N-methyl/N-ethyl adjacent to an activating group) is 2. The quantitative estimate of drug-likeness (QED) is 0.0834. The van der Waals surface area contributed by atoms with Crippen LogP contribution in [-0.4, -0.2) is 151 Å². The number of amides is 1. The van der Waals surface area contributed by atoms with E-state index in [9.17, 15) is 19.5 Å². The Kier molecular flexibility index (Phi) is 14.9. The van der Waals surface area contributed by atoms with Crippen molar-refractivity contribution in [2.45, 2.75) is 153 Å². The normalized spacial score (nSPS) is 41.4. The van der Waals surface area contributed by atoms with E-state index in [0.717, 1.165) is 6.92 Å². The van der Waals surface area contributed by atoms with Crippen molar-refractivity contribution in [2.75, 3.05) is 47.9 Å². The first-order valence-corrected chi connectivity index (χ1v) is 18.6. The number of Topliss-reactive ketones (excluding diaryl/α,β-unsaturated/α-hetero) is 1. The summed E-state index contributed by atoms with van der Waals surface area (Å²) in [5.74, 6) is -3.85. The van der Waals surface area contributed by atoms with Gasteiger partial charge in [-0.05, 0) is 99.3 Å². The molecule has 3 fully saturated rings. The molecule has 3 aliphatic heterocycles. The first kappa shape index (κ1) is 43.8. The molecule has 1 amide bonds. The highest BCUT2D eigenvalue weighted by atomic mass is 19.1. The van der Waals surface area contributed by atoms with Gasteiger partial charge in [0.1, 0.15) is 12.2 Å². The molecule has 0 aromatic carbocycles. The van der Waals surface area contributed by atoms with Crippen LogP contribution in [-0.2, 0) is 33.3 Å². The summed E-state index contributed by atoms with van der Waals surface area (Å²) in [5, 5.41) is 15.0. The van der Waals surface area contributed by atoms with Gasteiger partial charge in [0, 0.05) is 49.7 Å². The fourth-order valence-corrected chi connectivity index (χ4v) is 8.54. The SMILES string of the molecule is CC[C@H]1OC(=O)[C@@](C)(F)C(=O)[C@H](C)[C@@H](O[C@@H]2OC(C)CC(N(C)C)C2O)[C@](C)(OC)C[C@@H](C)CN(C)[C@H](C)[C@H]2N(CCCCN=[N+]=[N-])C(=O)O[C@]12C. The number of rotatable bonds is 10. The van der Waals surface area contributed by atoms with Gasteiger partial charge in [-0.2, -0.15) is 0 Å².